The van der Waals surface area contributed by atoms with Crippen molar-refractivity contribution in [1.29, 1.82) is 0 Å². The Morgan fingerprint density at radius 2 is 1.68 bits per heavy atom. The van der Waals surface area contributed by atoms with Crippen LogP contribution in [-0.4, -0.2) is 28.8 Å². The predicted molar refractivity (Wildman–Crippen MR) is 132 cm³/mol. The Balaban J connectivity index is 1.73. The van der Waals surface area contributed by atoms with Crippen LogP contribution in [-0.2, 0) is 17.8 Å². The molecule has 3 aromatic carbocycles. The van der Waals surface area contributed by atoms with E-state index in [1.54, 1.807) is 7.11 Å². The fraction of sp³-hybridized carbons (Fsp3) is 0.208. The van der Waals surface area contributed by atoms with Gasteiger partial charge in [-0.25, -0.2) is 0 Å². The van der Waals surface area contributed by atoms with Crippen LogP contribution in [0.3, 0.4) is 0 Å². The van der Waals surface area contributed by atoms with Gasteiger partial charge < -0.3 is 19.7 Å². The van der Waals surface area contributed by atoms with Gasteiger partial charge in [-0.05, 0) is 48.5 Å². The lowest BCUT2D eigenvalue weighted by molar-refractivity contribution is -0.114. The number of carbonyl (C=O) groups excluding carboxylic acids is 1. The Morgan fingerprint density at radius 1 is 1.06 bits per heavy atom. The number of nitrogens with one attached hydrogen (secondary N) is 1. The molecule has 0 saturated carbocycles. The van der Waals surface area contributed by atoms with Crippen LogP contribution in [0.1, 0.15) is 12.5 Å². The topological polar surface area (TPSA) is 63.5 Å². The summed E-state index contributed by atoms with van der Waals surface area (Å²) in [5.74, 6) is 0.475. The van der Waals surface area contributed by atoms with E-state index in [0.717, 1.165) is 36.3 Å². The number of anilines is 1. The molecule has 1 heterocycles. The van der Waals surface area contributed by atoms with E-state index in [1.165, 1.54) is 6.92 Å². The van der Waals surface area contributed by atoms with Gasteiger partial charge in [-0.15, -0.1) is 0 Å². The molecule has 0 spiro atoms. The normalized spacial score (nSPS) is 12.3. The molecular formula is C24H22Br2N2O3. The zero-order valence-corrected chi connectivity index (χ0v) is 20.3. The van der Waals surface area contributed by atoms with E-state index in [4.69, 9.17) is 4.74 Å². The smallest absolute Gasteiger partial charge is 0.221 e. The first kappa shape index (κ1) is 21.9. The molecule has 1 unspecified atom stereocenters. The molecular weight excluding hydrogens is 524 g/mol. The van der Waals surface area contributed by atoms with E-state index in [2.05, 4.69) is 66.0 Å². The van der Waals surface area contributed by atoms with Crippen LogP contribution >= 0.6 is 31.9 Å². The summed E-state index contributed by atoms with van der Waals surface area (Å²) in [5, 5.41) is 16.1. The number of methoxy groups -OCH3 is 1. The first-order valence-corrected chi connectivity index (χ1v) is 11.4. The molecule has 2 N–H and O–H groups in total. The van der Waals surface area contributed by atoms with Crippen LogP contribution in [0.25, 0.3) is 21.8 Å². The maximum atomic E-state index is 11.6. The maximum Gasteiger partial charge on any atom is 0.221 e. The first-order chi connectivity index (χ1) is 14.9. The van der Waals surface area contributed by atoms with Crippen molar-refractivity contribution in [3.63, 3.8) is 0 Å². The third kappa shape index (κ3) is 4.49. The monoisotopic (exact) mass is 544 g/mol. The van der Waals surface area contributed by atoms with Crippen LogP contribution in [0.5, 0.6) is 5.75 Å². The standard InChI is InChI=1S/C24H22Br2N2O3/c1-14(29)27-21-4-3-5-24(31-2)20(21)12-17(30)13-28-22-8-6-15(25)10-18(22)19-11-16(26)7-9-23(19)28/h3-11,17,30H,12-13H2,1-2H3,(H,27,29). The molecule has 4 aromatic rings. The lowest BCUT2D eigenvalue weighted by Crippen LogP contribution is -2.20. The van der Waals surface area contributed by atoms with E-state index in [1.807, 2.05) is 30.3 Å². The highest BCUT2D eigenvalue weighted by atomic mass is 79.9. The van der Waals surface area contributed by atoms with Crippen molar-refractivity contribution < 1.29 is 14.6 Å². The number of nitrogens with zero attached hydrogens (tertiary/aromatic N) is 1. The van der Waals surface area contributed by atoms with Crippen molar-refractivity contribution >= 4 is 65.3 Å². The minimum absolute atomic E-state index is 0.164. The maximum absolute atomic E-state index is 11.6. The average Bonchev–Trinajstić information content (AvgIpc) is 3.01. The zero-order valence-electron chi connectivity index (χ0n) is 17.2. The first-order valence-electron chi connectivity index (χ1n) is 9.86. The number of rotatable bonds is 6. The minimum atomic E-state index is -0.685. The number of aliphatic hydroxyl groups is 1. The van der Waals surface area contributed by atoms with Gasteiger partial charge in [0.2, 0.25) is 5.91 Å². The van der Waals surface area contributed by atoms with Crippen molar-refractivity contribution in [2.75, 3.05) is 12.4 Å². The van der Waals surface area contributed by atoms with Gasteiger partial charge in [-0.2, -0.15) is 0 Å². The summed E-state index contributed by atoms with van der Waals surface area (Å²) in [6.45, 7) is 1.87. The Labute approximate surface area is 197 Å². The van der Waals surface area contributed by atoms with Gasteiger partial charge in [-0.1, -0.05) is 37.9 Å². The molecule has 0 aliphatic rings. The summed E-state index contributed by atoms with van der Waals surface area (Å²) in [7, 11) is 1.59. The molecule has 160 valence electrons. The van der Waals surface area contributed by atoms with Gasteiger partial charge in [0.05, 0.1) is 13.2 Å². The van der Waals surface area contributed by atoms with Crippen molar-refractivity contribution in [2.45, 2.75) is 26.0 Å². The molecule has 1 amide bonds. The number of benzene rings is 3. The van der Waals surface area contributed by atoms with E-state index in [-0.39, 0.29) is 5.91 Å². The number of halogens is 2. The van der Waals surface area contributed by atoms with Crippen LogP contribution in [0, 0.1) is 0 Å². The molecule has 1 atom stereocenters. The number of hydrogen-bond donors (Lipinski definition) is 2. The molecule has 0 radical (unpaired) electrons. The number of hydrogen-bond acceptors (Lipinski definition) is 3. The summed E-state index contributed by atoms with van der Waals surface area (Å²) < 4.78 is 9.65. The van der Waals surface area contributed by atoms with Gasteiger partial charge in [0.25, 0.3) is 0 Å². The van der Waals surface area contributed by atoms with Gasteiger partial charge in [0.15, 0.2) is 0 Å². The lowest BCUT2D eigenvalue weighted by Gasteiger charge is -2.19. The highest BCUT2D eigenvalue weighted by molar-refractivity contribution is 9.10. The summed E-state index contributed by atoms with van der Waals surface area (Å²) >= 11 is 7.13. The van der Waals surface area contributed by atoms with Crippen molar-refractivity contribution in [1.82, 2.24) is 4.57 Å². The number of aliphatic hydroxyl groups excluding tert-OH is 1. The van der Waals surface area contributed by atoms with Gasteiger partial charge in [0, 0.05) is 61.9 Å². The van der Waals surface area contributed by atoms with Gasteiger partial charge in [-0.3, -0.25) is 4.79 Å². The van der Waals surface area contributed by atoms with E-state index in [9.17, 15) is 9.90 Å². The summed E-state index contributed by atoms with van der Waals surface area (Å²) in [6.07, 6.45) is -0.344. The SMILES string of the molecule is COc1cccc(NC(C)=O)c1CC(O)Cn1c2ccc(Br)cc2c2cc(Br)ccc21. The fourth-order valence-corrected chi connectivity index (χ4v) is 4.75. The largest absolute Gasteiger partial charge is 0.496 e. The average molecular weight is 546 g/mol. The second-order valence-corrected chi connectivity index (χ2v) is 9.29. The quantitative estimate of drug-likeness (QED) is 0.317. The van der Waals surface area contributed by atoms with Gasteiger partial charge >= 0.3 is 0 Å². The third-order valence-electron chi connectivity index (χ3n) is 5.29. The highest BCUT2D eigenvalue weighted by Crippen LogP contribution is 2.34. The number of fused-ring (bicyclic) bond motifs is 3. The Morgan fingerprint density at radius 3 is 2.23 bits per heavy atom. The minimum Gasteiger partial charge on any atom is -0.496 e. The molecule has 0 aliphatic carbocycles. The molecule has 0 saturated heterocycles. The molecule has 5 nitrogen and oxygen atoms in total. The van der Waals surface area contributed by atoms with Crippen LogP contribution in [0.4, 0.5) is 5.69 Å². The molecule has 0 bridgehead atoms. The molecule has 1 aromatic heterocycles. The molecule has 31 heavy (non-hydrogen) atoms. The Kier molecular flexibility index (Phi) is 6.36. The van der Waals surface area contributed by atoms with E-state index in [0.29, 0.717) is 24.4 Å². The van der Waals surface area contributed by atoms with Crippen molar-refractivity contribution in [3.05, 3.63) is 69.1 Å². The molecule has 7 heteroatoms. The molecule has 0 aliphatic heterocycles. The number of amides is 1. The van der Waals surface area contributed by atoms with Crippen LogP contribution in [0.15, 0.2) is 63.5 Å². The Hall–Kier alpha value is -2.35. The highest BCUT2D eigenvalue weighted by Gasteiger charge is 2.18. The number of carbonyl (C=O) groups is 1. The van der Waals surface area contributed by atoms with Gasteiger partial charge in [0.1, 0.15) is 5.75 Å². The van der Waals surface area contributed by atoms with Crippen LogP contribution < -0.4 is 10.1 Å². The second-order valence-electron chi connectivity index (χ2n) is 7.46. The van der Waals surface area contributed by atoms with E-state index < -0.39 is 6.10 Å². The van der Waals surface area contributed by atoms with Crippen molar-refractivity contribution in [2.24, 2.45) is 0 Å². The molecule has 4 rings (SSSR count). The summed E-state index contributed by atoms with van der Waals surface area (Å²) in [6, 6.07) is 17.8. The fourth-order valence-electron chi connectivity index (χ4n) is 4.03. The zero-order chi connectivity index (χ0) is 22.1. The number of aromatic nitrogens is 1. The lowest BCUT2D eigenvalue weighted by atomic mass is 10.0. The summed E-state index contributed by atoms with van der Waals surface area (Å²) in [4.78, 5) is 11.6. The molecule has 0 fully saturated rings. The predicted octanol–water partition coefficient (Wildman–Crippen LogP) is 5.89. The van der Waals surface area contributed by atoms with E-state index >= 15 is 0 Å². The van der Waals surface area contributed by atoms with Crippen LogP contribution in [0.2, 0.25) is 0 Å². The number of ether oxygens (including phenoxy) is 1. The van der Waals surface area contributed by atoms with Crippen molar-refractivity contribution in [3.8, 4) is 5.75 Å². The third-order valence-corrected chi connectivity index (χ3v) is 6.27. The summed E-state index contributed by atoms with van der Waals surface area (Å²) in [5.41, 5.74) is 3.54. The second kappa shape index (κ2) is 9.02. The Bertz CT molecular complexity index is 1220.